The lowest BCUT2D eigenvalue weighted by atomic mass is 10.2. The Kier molecular flexibility index (Phi) is 3.56. The van der Waals surface area contributed by atoms with Gasteiger partial charge in [-0.3, -0.25) is 0 Å². The van der Waals surface area contributed by atoms with Gasteiger partial charge in [-0.15, -0.1) is 0 Å². The van der Waals surface area contributed by atoms with Crippen molar-refractivity contribution in [2.24, 2.45) is 0 Å². The second kappa shape index (κ2) is 5.13. The third-order valence-corrected chi connectivity index (χ3v) is 3.06. The first kappa shape index (κ1) is 12.5. The summed E-state index contributed by atoms with van der Waals surface area (Å²) in [5.74, 6) is 0.104. The molecule has 0 bridgehead atoms. The molecule has 0 radical (unpaired) electrons. The highest BCUT2D eigenvalue weighted by Crippen LogP contribution is 2.37. The van der Waals surface area contributed by atoms with Crippen LogP contribution in [0.25, 0.3) is 0 Å². The monoisotopic (exact) mass is 249 g/mol. The number of halogens is 1. The number of hydrogen-bond acceptors (Lipinski definition) is 4. The van der Waals surface area contributed by atoms with Crippen molar-refractivity contribution in [1.29, 1.82) is 5.26 Å². The molecule has 0 saturated heterocycles. The van der Waals surface area contributed by atoms with Gasteiger partial charge >= 0.3 is 0 Å². The van der Waals surface area contributed by atoms with Crippen LogP contribution in [0.1, 0.15) is 19.3 Å². The maximum Gasteiger partial charge on any atom is 0.148 e. The molecule has 2 rings (SSSR count). The van der Waals surface area contributed by atoms with E-state index in [1.165, 1.54) is 13.2 Å². The zero-order valence-electron chi connectivity index (χ0n) is 10.3. The minimum Gasteiger partial charge on any atom is -0.495 e. The predicted octanol–water partition coefficient (Wildman–Crippen LogP) is 2.30. The van der Waals surface area contributed by atoms with Crippen LogP contribution in [-0.2, 0) is 0 Å². The van der Waals surface area contributed by atoms with Crippen molar-refractivity contribution in [3.63, 3.8) is 0 Å². The molecule has 1 aliphatic rings. The quantitative estimate of drug-likeness (QED) is 0.813. The molecule has 0 aromatic heterocycles. The van der Waals surface area contributed by atoms with E-state index < -0.39 is 0 Å². The number of hydrogen-bond donors (Lipinski definition) is 1. The molecule has 0 heterocycles. The Bertz CT molecular complexity index is 480. The minimum absolute atomic E-state index is 0.287. The predicted molar refractivity (Wildman–Crippen MR) is 68.0 cm³/mol. The molecule has 2 N–H and O–H groups in total. The first-order chi connectivity index (χ1) is 8.67. The molecule has 1 aromatic rings. The Labute approximate surface area is 106 Å². The van der Waals surface area contributed by atoms with Crippen molar-refractivity contribution < 1.29 is 9.13 Å². The van der Waals surface area contributed by atoms with Crippen molar-refractivity contribution in [2.75, 3.05) is 24.3 Å². The fraction of sp³-hybridized carbons (Fsp3) is 0.462. The number of nitrogens with zero attached hydrogens (tertiary/aromatic N) is 2. The van der Waals surface area contributed by atoms with Crippen LogP contribution in [-0.4, -0.2) is 19.7 Å². The molecule has 18 heavy (non-hydrogen) atoms. The van der Waals surface area contributed by atoms with E-state index in [1.807, 2.05) is 4.90 Å². The summed E-state index contributed by atoms with van der Waals surface area (Å²) >= 11 is 0. The third-order valence-electron chi connectivity index (χ3n) is 3.06. The zero-order chi connectivity index (χ0) is 13.1. The van der Waals surface area contributed by atoms with Crippen molar-refractivity contribution in [3.8, 4) is 11.8 Å². The highest BCUT2D eigenvalue weighted by Gasteiger charge is 2.31. The Morgan fingerprint density at radius 1 is 1.56 bits per heavy atom. The Morgan fingerprint density at radius 2 is 2.28 bits per heavy atom. The molecule has 5 heteroatoms. The van der Waals surface area contributed by atoms with Gasteiger partial charge in [0.2, 0.25) is 0 Å². The van der Waals surface area contributed by atoms with Crippen molar-refractivity contribution in [1.82, 2.24) is 0 Å². The maximum absolute atomic E-state index is 14.0. The number of ether oxygens (including phenoxy) is 1. The van der Waals surface area contributed by atoms with Gasteiger partial charge in [-0.2, -0.15) is 5.26 Å². The largest absolute Gasteiger partial charge is 0.495 e. The van der Waals surface area contributed by atoms with Crippen LogP contribution < -0.4 is 15.4 Å². The molecule has 1 aromatic carbocycles. The van der Waals surface area contributed by atoms with Crippen LogP contribution in [0, 0.1) is 17.1 Å². The fourth-order valence-corrected chi connectivity index (χ4v) is 2.01. The summed E-state index contributed by atoms with van der Waals surface area (Å²) < 4.78 is 19.1. The average molecular weight is 249 g/mol. The highest BCUT2D eigenvalue weighted by molar-refractivity contribution is 5.64. The molecule has 0 aliphatic heterocycles. The second-order valence-electron chi connectivity index (χ2n) is 4.38. The molecule has 0 spiro atoms. The summed E-state index contributed by atoms with van der Waals surface area (Å²) in [6, 6.07) is 5.31. The molecule has 96 valence electrons. The molecule has 0 atom stereocenters. The van der Waals surface area contributed by atoms with E-state index in [1.54, 1.807) is 6.07 Å². The molecular formula is C13H16FN3O. The van der Waals surface area contributed by atoms with Crippen LogP contribution in [0.5, 0.6) is 5.75 Å². The van der Waals surface area contributed by atoms with Crippen LogP contribution >= 0.6 is 0 Å². The smallest absolute Gasteiger partial charge is 0.148 e. The standard InChI is InChI=1S/C13H16FN3O/c1-18-13-8-12(10(14)7-11(13)16)17(6-2-5-15)9-3-4-9/h7-9H,2-4,6,16H2,1H3. The van der Waals surface area contributed by atoms with Gasteiger partial charge in [0.25, 0.3) is 0 Å². The van der Waals surface area contributed by atoms with E-state index in [0.29, 0.717) is 30.4 Å². The molecule has 1 fully saturated rings. The van der Waals surface area contributed by atoms with Gasteiger partial charge in [0.05, 0.1) is 31.0 Å². The number of rotatable bonds is 5. The topological polar surface area (TPSA) is 62.3 Å². The third kappa shape index (κ3) is 2.48. The summed E-state index contributed by atoms with van der Waals surface area (Å²) in [6.45, 7) is 0.533. The van der Waals surface area contributed by atoms with Crippen molar-refractivity contribution in [3.05, 3.63) is 17.9 Å². The van der Waals surface area contributed by atoms with E-state index in [2.05, 4.69) is 6.07 Å². The van der Waals surface area contributed by atoms with E-state index >= 15 is 0 Å². The fourth-order valence-electron chi connectivity index (χ4n) is 2.01. The van der Waals surface area contributed by atoms with Crippen LogP contribution in [0.15, 0.2) is 12.1 Å². The van der Waals surface area contributed by atoms with Gasteiger partial charge in [-0.1, -0.05) is 0 Å². The number of benzene rings is 1. The van der Waals surface area contributed by atoms with Gasteiger partial charge in [0.15, 0.2) is 0 Å². The second-order valence-corrected chi connectivity index (χ2v) is 4.38. The summed E-state index contributed by atoms with van der Waals surface area (Å²) in [6.07, 6.45) is 2.46. The summed E-state index contributed by atoms with van der Waals surface area (Å²) in [7, 11) is 1.50. The number of nitriles is 1. The van der Waals surface area contributed by atoms with E-state index in [-0.39, 0.29) is 11.5 Å². The molecule has 0 unspecified atom stereocenters. The van der Waals surface area contributed by atoms with Gasteiger partial charge in [-0.05, 0) is 12.8 Å². The average Bonchev–Trinajstić information content (AvgIpc) is 3.16. The van der Waals surface area contributed by atoms with Crippen molar-refractivity contribution in [2.45, 2.75) is 25.3 Å². The van der Waals surface area contributed by atoms with Crippen LogP contribution in [0.4, 0.5) is 15.8 Å². The number of nitrogen functional groups attached to an aromatic ring is 1. The summed E-state index contributed by atoms with van der Waals surface area (Å²) in [4.78, 5) is 1.93. The van der Waals surface area contributed by atoms with Gasteiger partial charge in [0.1, 0.15) is 11.6 Å². The van der Waals surface area contributed by atoms with Gasteiger partial charge in [0, 0.05) is 24.7 Å². The summed E-state index contributed by atoms with van der Waals surface area (Å²) in [5, 5.41) is 8.66. The Hall–Kier alpha value is -1.96. The molecule has 4 nitrogen and oxygen atoms in total. The molecule has 1 aliphatic carbocycles. The van der Waals surface area contributed by atoms with Gasteiger partial charge in [-0.25, -0.2) is 4.39 Å². The normalized spacial score (nSPS) is 14.1. The van der Waals surface area contributed by atoms with E-state index in [4.69, 9.17) is 15.7 Å². The molecular weight excluding hydrogens is 233 g/mol. The maximum atomic E-state index is 14.0. The lowest BCUT2D eigenvalue weighted by Crippen LogP contribution is -2.27. The number of anilines is 2. The lowest BCUT2D eigenvalue weighted by Gasteiger charge is -2.25. The Balaban J connectivity index is 2.31. The lowest BCUT2D eigenvalue weighted by molar-refractivity contribution is 0.416. The zero-order valence-corrected chi connectivity index (χ0v) is 10.3. The van der Waals surface area contributed by atoms with E-state index in [0.717, 1.165) is 12.8 Å². The first-order valence-electron chi connectivity index (χ1n) is 5.94. The number of nitrogens with two attached hydrogens (primary N) is 1. The van der Waals surface area contributed by atoms with E-state index in [9.17, 15) is 4.39 Å². The first-order valence-corrected chi connectivity index (χ1v) is 5.94. The SMILES string of the molecule is COc1cc(N(CCC#N)C2CC2)c(F)cc1N. The summed E-state index contributed by atoms with van der Waals surface area (Å²) in [5.41, 5.74) is 6.41. The highest BCUT2D eigenvalue weighted by atomic mass is 19.1. The Morgan fingerprint density at radius 3 is 2.83 bits per heavy atom. The van der Waals surface area contributed by atoms with Crippen LogP contribution in [0.2, 0.25) is 0 Å². The van der Waals surface area contributed by atoms with Crippen molar-refractivity contribution >= 4 is 11.4 Å². The minimum atomic E-state index is -0.363. The number of methoxy groups -OCH3 is 1. The van der Waals surface area contributed by atoms with Gasteiger partial charge < -0.3 is 15.4 Å². The van der Waals surface area contributed by atoms with Crippen LogP contribution in [0.3, 0.4) is 0 Å². The molecule has 0 amide bonds. The molecule has 1 saturated carbocycles.